The second-order valence-electron chi connectivity index (χ2n) is 6.86. The van der Waals surface area contributed by atoms with Gasteiger partial charge in [0.05, 0.1) is 17.9 Å². The monoisotopic (exact) mass is 328 g/mol. The number of carbonyl (C=O) groups excluding carboxylic acids is 2. The molecule has 0 aromatic carbocycles. The Kier molecular flexibility index (Phi) is 3.51. The van der Waals surface area contributed by atoms with Gasteiger partial charge in [-0.2, -0.15) is 0 Å². The normalized spacial score (nSPS) is 25.5. The van der Waals surface area contributed by atoms with E-state index >= 15 is 0 Å². The fourth-order valence-corrected chi connectivity index (χ4v) is 3.29. The van der Waals surface area contributed by atoms with E-state index in [0.29, 0.717) is 30.9 Å². The van der Waals surface area contributed by atoms with E-state index in [4.69, 9.17) is 4.84 Å². The van der Waals surface area contributed by atoms with Crippen molar-refractivity contribution in [2.45, 2.75) is 38.2 Å². The van der Waals surface area contributed by atoms with Crippen LogP contribution in [0.4, 0.5) is 5.69 Å². The fraction of sp³-hybridized carbons (Fsp3) is 0.529. The quantitative estimate of drug-likeness (QED) is 0.911. The zero-order chi connectivity index (χ0) is 16.7. The van der Waals surface area contributed by atoms with Crippen molar-refractivity contribution in [3.8, 4) is 0 Å². The van der Waals surface area contributed by atoms with E-state index in [1.807, 2.05) is 11.8 Å². The van der Waals surface area contributed by atoms with Gasteiger partial charge in [-0.1, -0.05) is 5.16 Å². The second-order valence-corrected chi connectivity index (χ2v) is 6.86. The molecule has 1 atom stereocenters. The van der Waals surface area contributed by atoms with Gasteiger partial charge in [0, 0.05) is 31.5 Å². The van der Waals surface area contributed by atoms with Crippen LogP contribution in [0.25, 0.3) is 0 Å². The lowest BCUT2D eigenvalue weighted by molar-refractivity contribution is -0.132. The minimum Gasteiger partial charge on any atom is -0.386 e. The fourth-order valence-electron chi connectivity index (χ4n) is 3.29. The summed E-state index contributed by atoms with van der Waals surface area (Å²) in [6.45, 7) is 3.04. The maximum absolute atomic E-state index is 12.4. The lowest BCUT2D eigenvalue weighted by atomic mass is 9.96. The molecule has 7 heteroatoms. The van der Waals surface area contributed by atoms with Crippen molar-refractivity contribution in [1.29, 1.82) is 0 Å². The van der Waals surface area contributed by atoms with Crippen LogP contribution in [0.2, 0.25) is 0 Å². The van der Waals surface area contributed by atoms with Gasteiger partial charge in [0.2, 0.25) is 5.91 Å². The lowest BCUT2D eigenvalue weighted by Crippen LogP contribution is -2.38. The summed E-state index contributed by atoms with van der Waals surface area (Å²) < 4.78 is 0. The third kappa shape index (κ3) is 2.74. The average molecular weight is 328 g/mol. The minimum absolute atomic E-state index is 0.207. The van der Waals surface area contributed by atoms with E-state index in [2.05, 4.69) is 15.5 Å². The smallest absolute Gasteiger partial charge is 0.273 e. The first-order chi connectivity index (χ1) is 11.6. The summed E-state index contributed by atoms with van der Waals surface area (Å²) in [6, 6.07) is 3.58. The molecule has 1 aromatic rings. The maximum atomic E-state index is 12.4. The third-order valence-corrected chi connectivity index (χ3v) is 4.91. The molecule has 2 amide bonds. The molecule has 1 spiro atoms. The first kappa shape index (κ1) is 15.1. The number of hydrogen-bond acceptors (Lipinski definition) is 5. The summed E-state index contributed by atoms with van der Waals surface area (Å²) in [6.07, 6.45) is 4.83. The number of nitrogens with zero attached hydrogens (tertiary/aromatic N) is 3. The molecular weight excluding hydrogens is 308 g/mol. The Hall–Kier alpha value is -2.44. The van der Waals surface area contributed by atoms with Gasteiger partial charge in [-0.3, -0.25) is 14.6 Å². The second kappa shape index (κ2) is 5.58. The van der Waals surface area contributed by atoms with Gasteiger partial charge in [-0.15, -0.1) is 0 Å². The summed E-state index contributed by atoms with van der Waals surface area (Å²) in [5.41, 5.74) is 1.27. The van der Waals surface area contributed by atoms with Crippen LogP contribution in [0.5, 0.6) is 0 Å². The largest absolute Gasteiger partial charge is 0.386 e. The number of likely N-dealkylation sites (tertiary alicyclic amines) is 1. The Labute approximate surface area is 140 Å². The van der Waals surface area contributed by atoms with E-state index < -0.39 is 5.60 Å². The predicted molar refractivity (Wildman–Crippen MR) is 87.4 cm³/mol. The van der Waals surface area contributed by atoms with Crippen LogP contribution in [0.1, 0.15) is 31.4 Å². The van der Waals surface area contributed by atoms with Gasteiger partial charge in [-0.25, -0.2) is 0 Å². The van der Waals surface area contributed by atoms with Gasteiger partial charge in [0.25, 0.3) is 5.91 Å². The van der Waals surface area contributed by atoms with Crippen LogP contribution >= 0.6 is 0 Å². The van der Waals surface area contributed by atoms with Crippen molar-refractivity contribution >= 4 is 23.2 Å². The summed E-state index contributed by atoms with van der Waals surface area (Å²) in [5, 5.41) is 6.83. The molecule has 2 aliphatic heterocycles. The highest BCUT2D eigenvalue weighted by atomic mass is 16.7. The van der Waals surface area contributed by atoms with E-state index in [1.54, 1.807) is 18.3 Å². The van der Waals surface area contributed by atoms with Crippen molar-refractivity contribution in [1.82, 2.24) is 9.88 Å². The number of aryl methyl sites for hydroxylation is 1. The number of amides is 2. The molecule has 3 aliphatic rings. The summed E-state index contributed by atoms with van der Waals surface area (Å²) in [5.74, 6) is 0.160. The van der Waals surface area contributed by atoms with Crippen molar-refractivity contribution in [2.24, 2.45) is 11.1 Å². The molecule has 7 nitrogen and oxygen atoms in total. The van der Waals surface area contributed by atoms with Gasteiger partial charge < -0.3 is 15.1 Å². The average Bonchev–Trinajstić information content (AvgIpc) is 3.22. The molecule has 1 saturated heterocycles. The molecule has 1 aliphatic carbocycles. The number of carbonyl (C=O) groups is 2. The van der Waals surface area contributed by atoms with Gasteiger partial charge in [0.15, 0.2) is 5.60 Å². The number of pyridine rings is 1. The van der Waals surface area contributed by atoms with E-state index in [1.165, 1.54) is 0 Å². The number of oxime groups is 1. The molecular formula is C17H20N4O3. The van der Waals surface area contributed by atoms with Crippen LogP contribution in [0.3, 0.4) is 0 Å². The van der Waals surface area contributed by atoms with Crippen molar-refractivity contribution in [3.05, 3.63) is 24.0 Å². The van der Waals surface area contributed by atoms with E-state index in [9.17, 15) is 9.59 Å². The zero-order valence-electron chi connectivity index (χ0n) is 13.6. The van der Waals surface area contributed by atoms with Crippen LogP contribution in [0, 0.1) is 12.8 Å². The molecule has 4 rings (SSSR count). The Morgan fingerprint density at radius 2 is 2.25 bits per heavy atom. The highest BCUT2D eigenvalue weighted by molar-refractivity contribution is 6.43. The van der Waals surface area contributed by atoms with Crippen LogP contribution in [-0.2, 0) is 14.4 Å². The molecule has 3 heterocycles. The highest BCUT2D eigenvalue weighted by Gasteiger charge is 2.49. The SMILES string of the molecule is Cc1ncccc1NC(=O)C1=NO[C@]2(CCN(C(=O)C3CC3)C2)C1. The predicted octanol–water partition coefficient (Wildman–Crippen LogP) is 1.49. The first-order valence-electron chi connectivity index (χ1n) is 8.33. The summed E-state index contributed by atoms with van der Waals surface area (Å²) >= 11 is 0. The van der Waals surface area contributed by atoms with Gasteiger partial charge in [0.1, 0.15) is 5.71 Å². The molecule has 24 heavy (non-hydrogen) atoms. The Morgan fingerprint density at radius 3 is 3.00 bits per heavy atom. The number of nitrogens with one attached hydrogen (secondary N) is 1. The number of hydrogen-bond donors (Lipinski definition) is 1. The molecule has 2 fully saturated rings. The highest BCUT2D eigenvalue weighted by Crippen LogP contribution is 2.38. The van der Waals surface area contributed by atoms with E-state index in [-0.39, 0.29) is 17.7 Å². The Balaban J connectivity index is 1.38. The summed E-state index contributed by atoms with van der Waals surface area (Å²) in [4.78, 5) is 36.2. The zero-order valence-corrected chi connectivity index (χ0v) is 13.6. The molecule has 1 saturated carbocycles. The maximum Gasteiger partial charge on any atom is 0.273 e. The van der Waals surface area contributed by atoms with Crippen LogP contribution in [0.15, 0.2) is 23.5 Å². The van der Waals surface area contributed by atoms with Crippen molar-refractivity contribution in [2.75, 3.05) is 18.4 Å². The molecule has 1 aromatic heterocycles. The number of rotatable bonds is 3. The summed E-state index contributed by atoms with van der Waals surface area (Å²) in [7, 11) is 0. The van der Waals surface area contributed by atoms with Crippen molar-refractivity contribution < 1.29 is 14.4 Å². The lowest BCUT2D eigenvalue weighted by Gasteiger charge is -2.21. The van der Waals surface area contributed by atoms with E-state index in [0.717, 1.165) is 25.0 Å². The number of anilines is 1. The first-order valence-corrected chi connectivity index (χ1v) is 8.33. The molecule has 126 valence electrons. The van der Waals surface area contributed by atoms with Crippen LogP contribution < -0.4 is 5.32 Å². The molecule has 0 radical (unpaired) electrons. The van der Waals surface area contributed by atoms with Gasteiger partial charge in [-0.05, 0) is 31.9 Å². The number of aromatic nitrogens is 1. The third-order valence-electron chi connectivity index (χ3n) is 4.91. The molecule has 1 N–H and O–H groups in total. The molecule has 0 bridgehead atoms. The van der Waals surface area contributed by atoms with Crippen molar-refractivity contribution in [3.63, 3.8) is 0 Å². The Bertz CT molecular complexity index is 728. The van der Waals surface area contributed by atoms with Gasteiger partial charge >= 0.3 is 0 Å². The van der Waals surface area contributed by atoms with Crippen LogP contribution in [-0.4, -0.2) is 46.1 Å². The topological polar surface area (TPSA) is 83.9 Å². The standard InChI is InChI=1S/C17H20N4O3/c1-11-13(3-2-7-18-11)19-15(22)14-9-17(24-20-14)6-8-21(10-17)16(23)12-4-5-12/h2-3,7,12H,4-6,8-10H2,1H3,(H,19,22)/t17-/m1/s1. The Morgan fingerprint density at radius 1 is 1.42 bits per heavy atom. The minimum atomic E-state index is -0.527. The molecule has 0 unspecified atom stereocenters.